The molecule has 3 N–H and O–H groups in total. The van der Waals surface area contributed by atoms with Gasteiger partial charge in [-0.15, -0.1) is 11.3 Å². The van der Waals surface area contributed by atoms with Crippen LogP contribution < -0.4 is 10.6 Å². The van der Waals surface area contributed by atoms with Crippen molar-refractivity contribution in [2.24, 2.45) is 0 Å². The van der Waals surface area contributed by atoms with Crippen LogP contribution in [0.3, 0.4) is 0 Å². The number of carboxylic acids is 1. The summed E-state index contributed by atoms with van der Waals surface area (Å²) in [6.07, 6.45) is 5.55. The molecule has 7 nitrogen and oxygen atoms in total. The smallest absolute Gasteiger partial charge is 0.303 e. The van der Waals surface area contributed by atoms with E-state index >= 15 is 0 Å². The van der Waals surface area contributed by atoms with Gasteiger partial charge in [-0.1, -0.05) is 0 Å². The van der Waals surface area contributed by atoms with Crippen molar-refractivity contribution >= 4 is 34.1 Å². The molecule has 1 aliphatic heterocycles. The number of carbonyl (C=O) groups is 3. The molecule has 1 unspecified atom stereocenters. The topological polar surface area (TPSA) is 105 Å². The SMILES string of the molecule is O=C(O)CCC(=O)Nc1sc2c(c1C(=O)NCC1CCCO1)CCCC2. The molecule has 1 aromatic heterocycles. The molecule has 8 heteroatoms. The van der Waals surface area contributed by atoms with E-state index in [4.69, 9.17) is 9.84 Å². The van der Waals surface area contributed by atoms with Crippen LogP contribution in [0, 0.1) is 0 Å². The molecule has 0 radical (unpaired) electrons. The van der Waals surface area contributed by atoms with Gasteiger partial charge in [-0.2, -0.15) is 0 Å². The predicted molar refractivity (Wildman–Crippen MR) is 97.8 cm³/mol. The maximum atomic E-state index is 12.8. The van der Waals surface area contributed by atoms with Gasteiger partial charge >= 0.3 is 5.97 Å². The second-order valence-corrected chi connectivity index (χ2v) is 7.81. The fraction of sp³-hybridized carbons (Fsp3) is 0.611. The summed E-state index contributed by atoms with van der Waals surface area (Å²) in [7, 11) is 0. The first-order valence-corrected chi connectivity index (χ1v) is 9.92. The van der Waals surface area contributed by atoms with E-state index in [1.807, 2.05) is 0 Å². The summed E-state index contributed by atoms with van der Waals surface area (Å²) >= 11 is 1.44. The first kappa shape index (κ1) is 18.8. The molecule has 142 valence electrons. The fourth-order valence-corrected chi connectivity index (χ4v) is 4.71. The number of amides is 2. The van der Waals surface area contributed by atoms with E-state index in [0.717, 1.165) is 55.6 Å². The quantitative estimate of drug-likeness (QED) is 0.673. The lowest BCUT2D eigenvalue weighted by atomic mass is 9.95. The molecule has 1 fully saturated rings. The standard InChI is InChI=1S/C18H24N2O5S/c21-14(7-8-15(22)23)20-18-16(12-5-1-2-6-13(12)26-18)17(24)19-10-11-4-3-9-25-11/h11H,1-10H2,(H,19,24)(H,20,21)(H,22,23). The van der Waals surface area contributed by atoms with Crippen molar-refractivity contribution in [3.8, 4) is 0 Å². The number of ether oxygens (including phenoxy) is 1. The zero-order chi connectivity index (χ0) is 18.5. The van der Waals surface area contributed by atoms with E-state index in [1.165, 1.54) is 11.3 Å². The Morgan fingerprint density at radius 1 is 1.15 bits per heavy atom. The lowest BCUT2D eigenvalue weighted by Gasteiger charge is -2.15. The molecule has 0 spiro atoms. The second-order valence-electron chi connectivity index (χ2n) is 6.70. The first-order valence-electron chi connectivity index (χ1n) is 9.10. The number of carbonyl (C=O) groups excluding carboxylic acids is 2. The normalized spacial score (nSPS) is 19.0. The molecule has 1 aromatic rings. The zero-order valence-corrected chi connectivity index (χ0v) is 15.5. The van der Waals surface area contributed by atoms with E-state index in [-0.39, 0.29) is 30.8 Å². The van der Waals surface area contributed by atoms with E-state index in [9.17, 15) is 14.4 Å². The van der Waals surface area contributed by atoms with Crippen LogP contribution in [-0.4, -0.2) is 42.1 Å². The van der Waals surface area contributed by atoms with Gasteiger partial charge in [-0.25, -0.2) is 0 Å². The number of carboxylic acid groups (broad SMARTS) is 1. The van der Waals surface area contributed by atoms with Crippen LogP contribution >= 0.6 is 11.3 Å². The van der Waals surface area contributed by atoms with Crippen molar-refractivity contribution in [2.75, 3.05) is 18.5 Å². The number of nitrogens with one attached hydrogen (secondary N) is 2. The average molecular weight is 380 g/mol. The summed E-state index contributed by atoms with van der Waals surface area (Å²) in [5, 5.41) is 15.0. The Balaban J connectivity index is 1.73. The molecule has 2 heterocycles. The second kappa shape index (κ2) is 8.64. The van der Waals surface area contributed by atoms with E-state index in [0.29, 0.717) is 17.1 Å². The van der Waals surface area contributed by atoms with Crippen molar-refractivity contribution in [3.05, 3.63) is 16.0 Å². The Hall–Kier alpha value is -1.93. The van der Waals surface area contributed by atoms with Crippen molar-refractivity contribution in [3.63, 3.8) is 0 Å². The van der Waals surface area contributed by atoms with Crippen LogP contribution in [0.5, 0.6) is 0 Å². The highest BCUT2D eigenvalue weighted by atomic mass is 32.1. The lowest BCUT2D eigenvalue weighted by Crippen LogP contribution is -2.32. The molecule has 2 aliphatic rings. The molecular formula is C18H24N2O5S. The van der Waals surface area contributed by atoms with E-state index < -0.39 is 5.97 Å². The minimum atomic E-state index is -1.01. The Morgan fingerprint density at radius 2 is 1.96 bits per heavy atom. The highest BCUT2D eigenvalue weighted by molar-refractivity contribution is 7.17. The van der Waals surface area contributed by atoms with Crippen LogP contribution in [-0.2, 0) is 27.2 Å². The van der Waals surface area contributed by atoms with Gasteiger partial charge in [0.15, 0.2) is 0 Å². The molecule has 0 aromatic carbocycles. The summed E-state index contributed by atoms with van der Waals surface area (Å²) in [5.74, 6) is -1.58. The molecule has 1 saturated heterocycles. The monoisotopic (exact) mass is 380 g/mol. The van der Waals surface area contributed by atoms with Crippen molar-refractivity contribution < 1.29 is 24.2 Å². The lowest BCUT2D eigenvalue weighted by molar-refractivity contribution is -0.138. The Bertz CT molecular complexity index is 694. The summed E-state index contributed by atoms with van der Waals surface area (Å²) in [6.45, 7) is 1.20. The number of hydrogen-bond acceptors (Lipinski definition) is 5. The van der Waals surface area contributed by atoms with Crippen molar-refractivity contribution in [2.45, 2.75) is 57.5 Å². The largest absolute Gasteiger partial charge is 0.481 e. The van der Waals surface area contributed by atoms with Gasteiger partial charge in [0.05, 0.1) is 18.1 Å². The molecule has 0 bridgehead atoms. The number of hydrogen-bond donors (Lipinski definition) is 3. The minimum Gasteiger partial charge on any atom is -0.481 e. The molecular weight excluding hydrogens is 356 g/mol. The third kappa shape index (κ3) is 4.62. The minimum absolute atomic E-state index is 0.0574. The fourth-order valence-electron chi connectivity index (χ4n) is 3.40. The maximum Gasteiger partial charge on any atom is 0.303 e. The first-order chi connectivity index (χ1) is 12.5. The highest BCUT2D eigenvalue weighted by Gasteiger charge is 2.27. The number of thiophene rings is 1. The Kier molecular flexibility index (Phi) is 6.26. The van der Waals surface area contributed by atoms with Crippen molar-refractivity contribution in [1.29, 1.82) is 0 Å². The molecule has 1 aliphatic carbocycles. The van der Waals surface area contributed by atoms with Crippen LogP contribution in [0.4, 0.5) is 5.00 Å². The van der Waals surface area contributed by atoms with Crippen LogP contribution in [0.15, 0.2) is 0 Å². The van der Waals surface area contributed by atoms with Gasteiger partial charge in [-0.3, -0.25) is 14.4 Å². The van der Waals surface area contributed by atoms with Gasteiger partial charge in [0.2, 0.25) is 5.91 Å². The van der Waals surface area contributed by atoms with Gasteiger partial charge in [-0.05, 0) is 44.1 Å². The molecule has 1 atom stereocenters. The maximum absolute atomic E-state index is 12.8. The van der Waals surface area contributed by atoms with Crippen LogP contribution in [0.1, 0.15) is 59.3 Å². The number of aryl methyl sites for hydroxylation is 1. The number of rotatable bonds is 7. The zero-order valence-electron chi connectivity index (χ0n) is 14.6. The van der Waals surface area contributed by atoms with Gasteiger partial charge in [0, 0.05) is 24.4 Å². The Labute approximate surface area is 156 Å². The Morgan fingerprint density at radius 3 is 2.69 bits per heavy atom. The summed E-state index contributed by atoms with van der Waals surface area (Å²) < 4.78 is 5.55. The van der Waals surface area contributed by atoms with Gasteiger partial charge in [0.25, 0.3) is 5.91 Å². The summed E-state index contributed by atoms with van der Waals surface area (Å²) in [5.41, 5.74) is 1.57. The summed E-state index contributed by atoms with van der Waals surface area (Å²) in [6, 6.07) is 0. The van der Waals surface area contributed by atoms with Crippen molar-refractivity contribution in [1.82, 2.24) is 5.32 Å². The molecule has 0 saturated carbocycles. The number of aliphatic carboxylic acids is 1. The van der Waals surface area contributed by atoms with Gasteiger partial charge in [0.1, 0.15) is 5.00 Å². The van der Waals surface area contributed by atoms with Crippen LogP contribution in [0.25, 0.3) is 0 Å². The van der Waals surface area contributed by atoms with Gasteiger partial charge < -0.3 is 20.5 Å². The highest BCUT2D eigenvalue weighted by Crippen LogP contribution is 2.38. The number of fused-ring (bicyclic) bond motifs is 1. The molecule has 26 heavy (non-hydrogen) atoms. The van der Waals surface area contributed by atoms with E-state index in [2.05, 4.69) is 10.6 Å². The number of anilines is 1. The predicted octanol–water partition coefficient (Wildman–Crippen LogP) is 2.34. The third-order valence-corrected chi connectivity index (χ3v) is 5.94. The molecule has 2 amide bonds. The molecule has 3 rings (SSSR count). The third-order valence-electron chi connectivity index (χ3n) is 4.73. The van der Waals surface area contributed by atoms with E-state index in [1.54, 1.807) is 0 Å². The summed E-state index contributed by atoms with van der Waals surface area (Å²) in [4.78, 5) is 36.6. The average Bonchev–Trinajstić information content (AvgIpc) is 3.25. The van der Waals surface area contributed by atoms with Crippen LogP contribution in [0.2, 0.25) is 0 Å².